The number of aromatic nitrogens is 2. The molecule has 0 fully saturated rings. The van der Waals surface area contributed by atoms with Gasteiger partial charge in [-0.2, -0.15) is 0 Å². The summed E-state index contributed by atoms with van der Waals surface area (Å²) in [5.74, 6) is 0.573. The lowest BCUT2D eigenvalue weighted by Crippen LogP contribution is -2.27. The number of rotatable bonds is 3. The molecule has 0 aliphatic rings. The Morgan fingerprint density at radius 3 is 2.84 bits per heavy atom. The van der Waals surface area contributed by atoms with Crippen LogP contribution in [0.25, 0.3) is 0 Å². The van der Waals surface area contributed by atoms with Crippen LogP contribution in [0.3, 0.4) is 0 Å². The number of nitrogens with zero attached hydrogens (tertiary/aromatic N) is 2. The van der Waals surface area contributed by atoms with E-state index in [0.29, 0.717) is 25.7 Å². The Labute approximate surface area is 134 Å². The van der Waals surface area contributed by atoms with E-state index in [9.17, 15) is 4.79 Å². The maximum atomic E-state index is 12.4. The molecular weight excluding hydrogens is 400 g/mol. The Morgan fingerprint density at radius 1 is 1.47 bits per heavy atom. The van der Waals surface area contributed by atoms with Crippen molar-refractivity contribution in [2.75, 3.05) is 7.05 Å². The van der Waals surface area contributed by atoms with Gasteiger partial charge in [0.2, 0.25) is 0 Å². The van der Waals surface area contributed by atoms with E-state index in [0.717, 1.165) is 5.82 Å². The van der Waals surface area contributed by atoms with Gasteiger partial charge in [0, 0.05) is 28.0 Å². The van der Waals surface area contributed by atoms with Gasteiger partial charge in [-0.05, 0) is 34.7 Å². The molecule has 2 rings (SSSR count). The maximum absolute atomic E-state index is 12.4. The van der Waals surface area contributed by atoms with E-state index >= 15 is 0 Å². The second kappa shape index (κ2) is 6.11. The summed E-state index contributed by atoms with van der Waals surface area (Å²) in [4.78, 5) is 21.0. The van der Waals surface area contributed by atoms with Crippen LogP contribution in [0, 0.1) is 3.57 Å². The minimum absolute atomic E-state index is 0.148. The van der Waals surface area contributed by atoms with Gasteiger partial charge in [-0.25, -0.2) is 4.98 Å². The first-order valence-electron chi connectivity index (χ1n) is 5.37. The first-order chi connectivity index (χ1) is 8.99. The van der Waals surface area contributed by atoms with Crippen LogP contribution in [-0.4, -0.2) is 27.8 Å². The predicted molar refractivity (Wildman–Crippen MR) is 83.6 cm³/mol. The molecule has 0 aliphatic heterocycles. The molecule has 0 spiro atoms. The fourth-order valence-corrected chi connectivity index (χ4v) is 2.63. The van der Waals surface area contributed by atoms with Crippen LogP contribution < -0.4 is 0 Å². The first-order valence-corrected chi connectivity index (χ1v) is 7.20. The van der Waals surface area contributed by atoms with Crippen molar-refractivity contribution in [2.24, 2.45) is 0 Å². The standard InChI is InChI=1S/C12H10Cl2IN3O/c1-18(6-10-16-2-3-17-10)12(19)8-4-7(13)5-9(14)11(8)15/h2-5H,6H2,1H3,(H,16,17). The summed E-state index contributed by atoms with van der Waals surface area (Å²) >= 11 is 14.0. The molecule has 1 amide bonds. The molecule has 7 heteroatoms. The predicted octanol–water partition coefficient (Wildman–Crippen LogP) is 3.59. The van der Waals surface area contributed by atoms with Crippen molar-refractivity contribution in [2.45, 2.75) is 6.54 Å². The topological polar surface area (TPSA) is 49.0 Å². The summed E-state index contributed by atoms with van der Waals surface area (Å²) in [6.45, 7) is 0.395. The van der Waals surface area contributed by atoms with Gasteiger partial charge >= 0.3 is 0 Å². The number of H-pyrrole nitrogens is 1. The Balaban J connectivity index is 2.24. The molecule has 0 saturated heterocycles. The van der Waals surface area contributed by atoms with Crippen LogP contribution in [0.15, 0.2) is 24.5 Å². The fraction of sp³-hybridized carbons (Fsp3) is 0.167. The molecular formula is C12H10Cl2IN3O. The summed E-state index contributed by atoms with van der Waals surface area (Å²) in [6.07, 6.45) is 3.36. The monoisotopic (exact) mass is 409 g/mol. The molecule has 100 valence electrons. The summed E-state index contributed by atoms with van der Waals surface area (Å²) in [6, 6.07) is 3.24. The second-order valence-corrected chi connectivity index (χ2v) is 5.87. The van der Waals surface area contributed by atoms with Gasteiger partial charge in [-0.1, -0.05) is 23.2 Å². The third-order valence-corrected chi connectivity index (χ3v) is 4.51. The lowest BCUT2D eigenvalue weighted by molar-refractivity contribution is 0.0781. The van der Waals surface area contributed by atoms with Crippen LogP contribution >= 0.6 is 45.8 Å². The molecule has 19 heavy (non-hydrogen) atoms. The summed E-state index contributed by atoms with van der Waals surface area (Å²) in [5.41, 5.74) is 0.493. The van der Waals surface area contributed by atoms with Gasteiger partial charge in [0.1, 0.15) is 5.82 Å². The number of carbonyl (C=O) groups is 1. The van der Waals surface area contributed by atoms with Gasteiger partial charge in [-0.3, -0.25) is 4.79 Å². The second-order valence-electron chi connectivity index (χ2n) is 3.95. The average molecular weight is 410 g/mol. The maximum Gasteiger partial charge on any atom is 0.255 e. The molecule has 1 heterocycles. The minimum Gasteiger partial charge on any atom is -0.347 e. The van der Waals surface area contributed by atoms with Gasteiger partial charge < -0.3 is 9.88 Å². The molecule has 0 unspecified atom stereocenters. The highest BCUT2D eigenvalue weighted by Crippen LogP contribution is 2.27. The number of nitrogens with one attached hydrogen (secondary N) is 1. The quantitative estimate of drug-likeness (QED) is 0.622. The highest BCUT2D eigenvalue weighted by atomic mass is 127. The van der Waals surface area contributed by atoms with Gasteiger partial charge in [-0.15, -0.1) is 0 Å². The van der Waals surface area contributed by atoms with Gasteiger partial charge in [0.05, 0.1) is 17.1 Å². The summed E-state index contributed by atoms with van der Waals surface area (Å²) < 4.78 is 0.694. The Bertz CT molecular complexity index is 601. The van der Waals surface area contributed by atoms with Gasteiger partial charge in [0.25, 0.3) is 5.91 Å². The van der Waals surface area contributed by atoms with Crippen molar-refractivity contribution in [1.82, 2.24) is 14.9 Å². The van der Waals surface area contributed by atoms with Crippen LogP contribution in [-0.2, 0) is 6.54 Å². The number of imidazole rings is 1. The Morgan fingerprint density at radius 2 is 2.21 bits per heavy atom. The highest BCUT2D eigenvalue weighted by molar-refractivity contribution is 14.1. The molecule has 1 aromatic heterocycles. The number of halogens is 3. The van der Waals surface area contributed by atoms with Gasteiger partial charge in [0.15, 0.2) is 0 Å². The van der Waals surface area contributed by atoms with E-state index in [4.69, 9.17) is 23.2 Å². The van der Waals surface area contributed by atoms with E-state index in [-0.39, 0.29) is 5.91 Å². The van der Waals surface area contributed by atoms with Crippen LogP contribution in [0.1, 0.15) is 16.2 Å². The number of hydrogen-bond donors (Lipinski definition) is 1. The third-order valence-electron chi connectivity index (χ3n) is 2.51. The Kier molecular flexibility index (Phi) is 4.70. The summed E-state index contributed by atoms with van der Waals surface area (Å²) in [5, 5.41) is 0.919. The molecule has 0 aliphatic carbocycles. The summed E-state index contributed by atoms with van der Waals surface area (Å²) in [7, 11) is 1.70. The zero-order valence-corrected chi connectivity index (χ0v) is 13.6. The first kappa shape index (κ1) is 14.6. The number of amides is 1. The number of benzene rings is 1. The smallest absolute Gasteiger partial charge is 0.255 e. The molecule has 0 atom stereocenters. The lowest BCUT2D eigenvalue weighted by Gasteiger charge is -2.17. The molecule has 0 bridgehead atoms. The molecule has 2 aromatic rings. The van der Waals surface area contributed by atoms with E-state index in [1.807, 2.05) is 22.6 Å². The molecule has 0 saturated carbocycles. The number of aromatic amines is 1. The van der Waals surface area contributed by atoms with E-state index < -0.39 is 0 Å². The number of carbonyl (C=O) groups excluding carboxylic acids is 1. The van der Waals surface area contributed by atoms with Crippen LogP contribution in [0.4, 0.5) is 0 Å². The minimum atomic E-state index is -0.148. The molecule has 4 nitrogen and oxygen atoms in total. The van der Waals surface area contributed by atoms with Crippen LogP contribution in [0.5, 0.6) is 0 Å². The van der Waals surface area contributed by atoms with E-state index in [2.05, 4.69) is 9.97 Å². The van der Waals surface area contributed by atoms with Crippen LogP contribution in [0.2, 0.25) is 10.0 Å². The van der Waals surface area contributed by atoms with E-state index in [1.54, 1.807) is 36.5 Å². The van der Waals surface area contributed by atoms with Crippen molar-refractivity contribution in [1.29, 1.82) is 0 Å². The molecule has 1 aromatic carbocycles. The highest BCUT2D eigenvalue weighted by Gasteiger charge is 2.18. The number of hydrogen-bond acceptors (Lipinski definition) is 2. The zero-order chi connectivity index (χ0) is 14.0. The third kappa shape index (κ3) is 3.40. The SMILES string of the molecule is CN(Cc1ncc[nH]1)C(=O)c1cc(Cl)cc(Cl)c1I. The van der Waals surface area contributed by atoms with Crippen molar-refractivity contribution >= 4 is 51.7 Å². The van der Waals surface area contributed by atoms with Crippen molar-refractivity contribution in [3.05, 3.63) is 49.5 Å². The molecule has 1 N–H and O–H groups in total. The Hall–Kier alpha value is -0.790. The molecule has 0 radical (unpaired) electrons. The van der Waals surface area contributed by atoms with Crippen molar-refractivity contribution < 1.29 is 4.79 Å². The fourth-order valence-electron chi connectivity index (χ4n) is 1.60. The largest absolute Gasteiger partial charge is 0.347 e. The zero-order valence-electron chi connectivity index (χ0n) is 9.95. The van der Waals surface area contributed by atoms with E-state index in [1.165, 1.54) is 0 Å². The average Bonchev–Trinajstić information content (AvgIpc) is 2.85. The normalized spacial score (nSPS) is 10.5. The van der Waals surface area contributed by atoms with Crippen molar-refractivity contribution in [3.63, 3.8) is 0 Å². The van der Waals surface area contributed by atoms with Crippen molar-refractivity contribution in [3.8, 4) is 0 Å². The lowest BCUT2D eigenvalue weighted by atomic mass is 10.2.